The number of para-hydroxylation sites is 1. The van der Waals surface area contributed by atoms with Crippen molar-refractivity contribution in [3.63, 3.8) is 0 Å². The number of thiophene rings is 1. The zero-order chi connectivity index (χ0) is 22.3. The maximum atomic E-state index is 12.9. The van der Waals surface area contributed by atoms with Gasteiger partial charge in [-0.3, -0.25) is 4.79 Å². The van der Waals surface area contributed by atoms with Gasteiger partial charge in [-0.1, -0.05) is 36.4 Å². The van der Waals surface area contributed by atoms with Crippen molar-refractivity contribution in [3.8, 4) is 16.4 Å². The number of nitrogens with zero attached hydrogens (tertiary/aromatic N) is 3. The number of amides is 1. The molecule has 0 unspecified atom stereocenters. The Hall–Kier alpha value is -3.85. The number of nitrogens with one attached hydrogen (secondary N) is 1. The first kappa shape index (κ1) is 21.4. The molecule has 0 radical (unpaired) electrons. The number of hydrogen-bond donors (Lipinski definition) is 1. The minimum atomic E-state index is -0.786. The van der Waals surface area contributed by atoms with Gasteiger partial charge >= 0.3 is 5.97 Å². The van der Waals surface area contributed by atoms with Crippen LogP contribution in [0.2, 0.25) is 0 Å². The summed E-state index contributed by atoms with van der Waals surface area (Å²) in [5.74, 6) is -1.15. The third kappa shape index (κ3) is 5.25. The van der Waals surface area contributed by atoms with E-state index in [4.69, 9.17) is 4.74 Å². The molecule has 2 heterocycles. The van der Waals surface area contributed by atoms with Crippen molar-refractivity contribution in [1.29, 1.82) is 0 Å². The summed E-state index contributed by atoms with van der Waals surface area (Å²) in [5.41, 5.74) is 1.64. The van der Waals surface area contributed by atoms with Crippen LogP contribution >= 0.6 is 11.3 Å². The first-order chi connectivity index (χ1) is 15.6. The molecule has 4 aromatic rings. The van der Waals surface area contributed by atoms with E-state index in [0.717, 1.165) is 16.1 Å². The van der Waals surface area contributed by atoms with Crippen LogP contribution in [0.15, 0.2) is 72.1 Å². The van der Waals surface area contributed by atoms with Crippen LogP contribution in [-0.4, -0.2) is 39.8 Å². The van der Waals surface area contributed by atoms with Crippen molar-refractivity contribution in [2.24, 2.45) is 0 Å². The van der Waals surface area contributed by atoms with E-state index in [1.165, 1.54) is 23.5 Å². The Morgan fingerprint density at radius 1 is 1.03 bits per heavy atom. The van der Waals surface area contributed by atoms with Crippen LogP contribution in [0.5, 0.6) is 0 Å². The Bertz CT molecular complexity index is 1190. The third-order valence-electron chi connectivity index (χ3n) is 4.52. The van der Waals surface area contributed by atoms with Crippen LogP contribution in [0.25, 0.3) is 16.4 Å². The number of halogens is 1. The topological polar surface area (TPSA) is 86.1 Å². The Labute approximate surface area is 187 Å². The van der Waals surface area contributed by atoms with Crippen molar-refractivity contribution >= 4 is 23.2 Å². The molecule has 1 amide bonds. The Balaban J connectivity index is 1.37. The average Bonchev–Trinajstić information content (AvgIpc) is 3.49. The zero-order valence-corrected chi connectivity index (χ0v) is 17.7. The number of rotatable bonds is 8. The Morgan fingerprint density at radius 2 is 1.81 bits per heavy atom. The molecule has 9 heteroatoms. The monoisotopic (exact) mass is 450 g/mol. The van der Waals surface area contributed by atoms with Gasteiger partial charge in [-0.05, 0) is 47.7 Å². The number of aromatic nitrogens is 3. The van der Waals surface area contributed by atoms with Crippen molar-refractivity contribution < 1.29 is 18.7 Å². The molecule has 0 atom stereocenters. The van der Waals surface area contributed by atoms with E-state index in [0.29, 0.717) is 18.8 Å². The van der Waals surface area contributed by atoms with E-state index in [-0.39, 0.29) is 11.6 Å². The molecule has 0 aliphatic rings. The second kappa shape index (κ2) is 9.97. The minimum Gasteiger partial charge on any atom is -0.450 e. The largest absolute Gasteiger partial charge is 0.450 e. The lowest BCUT2D eigenvalue weighted by molar-refractivity contribution is -0.124. The zero-order valence-electron chi connectivity index (χ0n) is 16.9. The van der Waals surface area contributed by atoms with Gasteiger partial charge in [-0.25, -0.2) is 13.9 Å². The fraction of sp³-hybridized carbons (Fsp3) is 0.130. The first-order valence-corrected chi connectivity index (χ1v) is 10.7. The van der Waals surface area contributed by atoms with E-state index in [9.17, 15) is 14.0 Å². The van der Waals surface area contributed by atoms with Crippen molar-refractivity contribution in [1.82, 2.24) is 20.1 Å². The number of hydrogen-bond acceptors (Lipinski definition) is 6. The van der Waals surface area contributed by atoms with E-state index in [1.807, 2.05) is 47.8 Å². The van der Waals surface area contributed by atoms with E-state index < -0.39 is 18.5 Å². The summed E-state index contributed by atoms with van der Waals surface area (Å²) in [7, 11) is 0. The fourth-order valence-corrected chi connectivity index (χ4v) is 3.66. The van der Waals surface area contributed by atoms with Gasteiger partial charge in [0.2, 0.25) is 0 Å². The Morgan fingerprint density at radius 3 is 2.53 bits per heavy atom. The van der Waals surface area contributed by atoms with Crippen LogP contribution in [0.3, 0.4) is 0 Å². The molecule has 2 aromatic heterocycles. The molecule has 162 valence electrons. The number of carbonyl (C=O) groups excluding carboxylic acids is 2. The molecule has 2 aromatic carbocycles. The molecule has 0 aliphatic heterocycles. The number of carbonyl (C=O) groups is 2. The van der Waals surface area contributed by atoms with Gasteiger partial charge in [-0.2, -0.15) is 4.98 Å². The standard InChI is InChI=1S/C23H19FN4O3S/c24-17-10-8-16(9-11-17)12-13-25-20(29)15-31-23(30)21-26-22(19-7-4-14-32-19)28(27-21)18-5-2-1-3-6-18/h1-11,14H,12-13,15H2,(H,25,29). The lowest BCUT2D eigenvalue weighted by Crippen LogP contribution is -2.30. The third-order valence-corrected chi connectivity index (χ3v) is 5.38. The highest BCUT2D eigenvalue weighted by molar-refractivity contribution is 7.13. The average molecular weight is 450 g/mol. The first-order valence-electron chi connectivity index (χ1n) is 9.85. The summed E-state index contributed by atoms with van der Waals surface area (Å²) < 4.78 is 19.6. The van der Waals surface area contributed by atoms with Crippen molar-refractivity contribution in [3.05, 3.63) is 89.3 Å². The van der Waals surface area contributed by atoms with Crippen LogP contribution < -0.4 is 5.32 Å². The summed E-state index contributed by atoms with van der Waals surface area (Å²) in [5, 5.41) is 8.87. The van der Waals surface area contributed by atoms with E-state index in [1.54, 1.807) is 16.8 Å². The smallest absolute Gasteiger partial charge is 0.378 e. The molecule has 0 bridgehead atoms. The molecule has 7 nitrogen and oxygen atoms in total. The number of ether oxygens (including phenoxy) is 1. The Kier molecular flexibility index (Phi) is 6.66. The van der Waals surface area contributed by atoms with Gasteiger partial charge in [0, 0.05) is 6.54 Å². The van der Waals surface area contributed by atoms with E-state index in [2.05, 4.69) is 15.4 Å². The highest BCUT2D eigenvalue weighted by Gasteiger charge is 2.21. The molecular weight excluding hydrogens is 431 g/mol. The van der Waals surface area contributed by atoms with Gasteiger partial charge in [-0.15, -0.1) is 16.4 Å². The molecule has 32 heavy (non-hydrogen) atoms. The summed E-state index contributed by atoms with van der Waals surface area (Å²) >= 11 is 1.48. The van der Waals surface area contributed by atoms with Crippen LogP contribution in [0.4, 0.5) is 4.39 Å². The number of esters is 1. The molecular formula is C23H19FN4O3S. The second-order valence-electron chi connectivity index (χ2n) is 6.79. The van der Waals surface area contributed by atoms with Crippen LogP contribution in [0.1, 0.15) is 16.2 Å². The molecule has 0 spiro atoms. The van der Waals surface area contributed by atoms with Gasteiger partial charge in [0.05, 0.1) is 10.6 Å². The molecule has 0 fully saturated rings. The van der Waals surface area contributed by atoms with Gasteiger partial charge < -0.3 is 10.1 Å². The lowest BCUT2D eigenvalue weighted by Gasteiger charge is -2.06. The van der Waals surface area contributed by atoms with Crippen LogP contribution in [-0.2, 0) is 16.0 Å². The SMILES string of the molecule is O=C(COC(=O)c1nc(-c2cccs2)n(-c2ccccc2)n1)NCCc1ccc(F)cc1. The van der Waals surface area contributed by atoms with Crippen molar-refractivity contribution in [2.75, 3.05) is 13.2 Å². The molecule has 0 saturated heterocycles. The lowest BCUT2D eigenvalue weighted by atomic mass is 10.1. The molecule has 0 saturated carbocycles. The fourth-order valence-electron chi connectivity index (χ4n) is 2.96. The molecule has 1 N–H and O–H groups in total. The van der Waals surface area contributed by atoms with Gasteiger partial charge in [0.25, 0.3) is 11.7 Å². The van der Waals surface area contributed by atoms with Gasteiger partial charge in [0.15, 0.2) is 12.4 Å². The minimum absolute atomic E-state index is 0.128. The maximum absolute atomic E-state index is 12.9. The van der Waals surface area contributed by atoms with E-state index >= 15 is 0 Å². The second-order valence-corrected chi connectivity index (χ2v) is 7.73. The van der Waals surface area contributed by atoms with Gasteiger partial charge in [0.1, 0.15) is 5.82 Å². The quantitative estimate of drug-likeness (QED) is 0.414. The predicted molar refractivity (Wildman–Crippen MR) is 118 cm³/mol. The highest BCUT2D eigenvalue weighted by atomic mass is 32.1. The summed E-state index contributed by atoms with van der Waals surface area (Å²) in [6.07, 6.45) is 0.535. The molecule has 0 aliphatic carbocycles. The van der Waals surface area contributed by atoms with Crippen LogP contribution in [0, 0.1) is 5.82 Å². The summed E-state index contributed by atoms with van der Waals surface area (Å²) in [4.78, 5) is 29.7. The summed E-state index contributed by atoms with van der Waals surface area (Å²) in [6, 6.07) is 19.1. The number of benzene rings is 2. The highest BCUT2D eigenvalue weighted by Crippen LogP contribution is 2.25. The van der Waals surface area contributed by atoms with Crippen molar-refractivity contribution in [2.45, 2.75) is 6.42 Å². The maximum Gasteiger partial charge on any atom is 0.378 e. The summed E-state index contributed by atoms with van der Waals surface area (Å²) in [6.45, 7) is -0.109. The molecule has 4 rings (SSSR count). The predicted octanol–water partition coefficient (Wildman–Crippen LogP) is 3.65. The normalized spacial score (nSPS) is 10.7.